The molecule has 0 atom stereocenters. The molecule has 0 spiro atoms. The Hall–Kier alpha value is -1.64. The van der Waals surface area contributed by atoms with Gasteiger partial charge in [0, 0.05) is 5.39 Å². The number of aromatic nitrogens is 2. The number of fused-ring (bicyclic) bond motifs is 1. The van der Waals surface area contributed by atoms with Gasteiger partial charge in [0.05, 0.1) is 18.8 Å². The molecule has 1 aromatic heterocycles. The Bertz CT molecular complexity index is 454. The van der Waals surface area contributed by atoms with Crippen molar-refractivity contribution in [1.82, 2.24) is 10.2 Å². The average Bonchev–Trinajstić information content (AvgIpc) is 2.27. The molecule has 72 valence electrons. The van der Waals surface area contributed by atoms with Crippen molar-refractivity contribution >= 4 is 10.9 Å². The molecule has 0 aliphatic rings. The van der Waals surface area contributed by atoms with Crippen molar-refractivity contribution < 1.29 is 4.74 Å². The molecule has 1 heterocycles. The van der Waals surface area contributed by atoms with Gasteiger partial charge in [-0.2, -0.15) is 10.2 Å². The van der Waals surface area contributed by atoms with Crippen LogP contribution in [0.4, 0.5) is 0 Å². The van der Waals surface area contributed by atoms with Gasteiger partial charge in [0.15, 0.2) is 0 Å². The van der Waals surface area contributed by atoms with Crippen LogP contribution < -0.4 is 4.74 Å². The van der Waals surface area contributed by atoms with Crippen molar-refractivity contribution in [3.63, 3.8) is 0 Å². The normalized spacial score (nSPS) is 10.4. The standard InChI is InChI=1S/C11H12N2O/c1-3-8-6-10-9(4-5-12-13-10)11(7-8)14-2/h4-7H,3H2,1-2H3. The Morgan fingerprint density at radius 1 is 1.36 bits per heavy atom. The summed E-state index contributed by atoms with van der Waals surface area (Å²) < 4.78 is 5.30. The van der Waals surface area contributed by atoms with Crippen molar-refractivity contribution in [3.8, 4) is 5.75 Å². The third kappa shape index (κ3) is 1.41. The predicted octanol–water partition coefficient (Wildman–Crippen LogP) is 2.20. The van der Waals surface area contributed by atoms with Crippen LogP contribution in [-0.4, -0.2) is 17.3 Å². The maximum absolute atomic E-state index is 5.30. The highest BCUT2D eigenvalue weighted by molar-refractivity contribution is 5.85. The van der Waals surface area contributed by atoms with E-state index >= 15 is 0 Å². The van der Waals surface area contributed by atoms with Gasteiger partial charge in [0.1, 0.15) is 5.75 Å². The number of methoxy groups -OCH3 is 1. The smallest absolute Gasteiger partial charge is 0.128 e. The van der Waals surface area contributed by atoms with E-state index in [4.69, 9.17) is 4.74 Å². The highest BCUT2D eigenvalue weighted by atomic mass is 16.5. The fourth-order valence-electron chi connectivity index (χ4n) is 1.49. The summed E-state index contributed by atoms with van der Waals surface area (Å²) in [6, 6.07) is 6.01. The second-order valence-corrected chi connectivity index (χ2v) is 3.12. The second-order valence-electron chi connectivity index (χ2n) is 3.12. The largest absolute Gasteiger partial charge is 0.496 e. The van der Waals surface area contributed by atoms with E-state index in [-0.39, 0.29) is 0 Å². The number of aryl methyl sites for hydroxylation is 1. The molecule has 1 aromatic carbocycles. The maximum Gasteiger partial charge on any atom is 0.128 e. The summed E-state index contributed by atoms with van der Waals surface area (Å²) in [5.74, 6) is 0.870. The molecule has 2 rings (SSSR count). The third-order valence-electron chi connectivity index (χ3n) is 2.28. The minimum atomic E-state index is 0.870. The number of hydrogen-bond donors (Lipinski definition) is 0. The summed E-state index contributed by atoms with van der Waals surface area (Å²) in [4.78, 5) is 0. The van der Waals surface area contributed by atoms with Gasteiger partial charge in [0.25, 0.3) is 0 Å². The molecule has 2 aromatic rings. The van der Waals surface area contributed by atoms with Gasteiger partial charge in [-0.25, -0.2) is 0 Å². The third-order valence-corrected chi connectivity index (χ3v) is 2.28. The number of benzene rings is 1. The van der Waals surface area contributed by atoms with Crippen LogP contribution in [0.3, 0.4) is 0 Å². The van der Waals surface area contributed by atoms with Crippen LogP contribution in [0.1, 0.15) is 12.5 Å². The van der Waals surface area contributed by atoms with Crippen molar-refractivity contribution in [3.05, 3.63) is 30.0 Å². The number of rotatable bonds is 2. The summed E-state index contributed by atoms with van der Waals surface area (Å²) in [5.41, 5.74) is 2.11. The number of nitrogens with zero attached hydrogens (tertiary/aromatic N) is 2. The van der Waals surface area contributed by atoms with Crippen LogP contribution in [0, 0.1) is 0 Å². The molecule has 3 nitrogen and oxygen atoms in total. The van der Waals surface area contributed by atoms with Crippen LogP contribution in [-0.2, 0) is 6.42 Å². The summed E-state index contributed by atoms with van der Waals surface area (Å²) in [7, 11) is 1.68. The SMILES string of the molecule is CCc1cc(OC)c2ccnnc2c1. The lowest BCUT2D eigenvalue weighted by molar-refractivity contribution is 0.419. The fourth-order valence-corrected chi connectivity index (χ4v) is 1.49. The van der Waals surface area contributed by atoms with E-state index in [1.165, 1.54) is 5.56 Å². The Labute approximate surface area is 82.7 Å². The molecule has 3 heteroatoms. The van der Waals surface area contributed by atoms with E-state index in [1.54, 1.807) is 13.3 Å². The fraction of sp³-hybridized carbons (Fsp3) is 0.273. The van der Waals surface area contributed by atoms with Gasteiger partial charge in [-0.1, -0.05) is 6.92 Å². The van der Waals surface area contributed by atoms with Gasteiger partial charge < -0.3 is 4.74 Å². The molecule has 0 aliphatic carbocycles. The molecule has 0 fully saturated rings. The molecule has 14 heavy (non-hydrogen) atoms. The number of hydrogen-bond acceptors (Lipinski definition) is 3. The van der Waals surface area contributed by atoms with Crippen LogP contribution in [0.25, 0.3) is 10.9 Å². The van der Waals surface area contributed by atoms with Gasteiger partial charge >= 0.3 is 0 Å². The maximum atomic E-state index is 5.30. The van der Waals surface area contributed by atoms with E-state index in [0.29, 0.717) is 0 Å². The van der Waals surface area contributed by atoms with Crippen LogP contribution in [0.5, 0.6) is 5.75 Å². The zero-order valence-electron chi connectivity index (χ0n) is 8.32. The highest BCUT2D eigenvalue weighted by Crippen LogP contribution is 2.25. The first-order chi connectivity index (χ1) is 6.85. The molecule has 0 amide bonds. The Morgan fingerprint density at radius 2 is 2.21 bits per heavy atom. The first-order valence-electron chi connectivity index (χ1n) is 4.63. The molecular weight excluding hydrogens is 176 g/mol. The lowest BCUT2D eigenvalue weighted by atomic mass is 10.1. The van der Waals surface area contributed by atoms with Gasteiger partial charge in [0.2, 0.25) is 0 Å². The lowest BCUT2D eigenvalue weighted by Gasteiger charge is -2.06. The molecule has 0 saturated heterocycles. The molecule has 0 unspecified atom stereocenters. The quantitative estimate of drug-likeness (QED) is 0.724. The topological polar surface area (TPSA) is 35.0 Å². The predicted molar refractivity (Wildman–Crippen MR) is 55.5 cm³/mol. The van der Waals surface area contributed by atoms with Gasteiger partial charge in [-0.3, -0.25) is 0 Å². The molecule has 0 N–H and O–H groups in total. The Morgan fingerprint density at radius 3 is 2.93 bits per heavy atom. The Kier molecular flexibility index (Phi) is 2.31. The minimum Gasteiger partial charge on any atom is -0.496 e. The zero-order chi connectivity index (χ0) is 9.97. The monoisotopic (exact) mass is 188 g/mol. The molecule has 0 bridgehead atoms. The van der Waals surface area contributed by atoms with E-state index in [2.05, 4.69) is 17.1 Å². The molecular formula is C11H12N2O. The molecule has 0 radical (unpaired) electrons. The summed E-state index contributed by atoms with van der Waals surface area (Å²) in [6.45, 7) is 2.11. The summed E-state index contributed by atoms with van der Waals surface area (Å²) in [5, 5.41) is 8.94. The second kappa shape index (κ2) is 3.62. The van der Waals surface area contributed by atoms with E-state index < -0.39 is 0 Å². The number of ether oxygens (including phenoxy) is 1. The highest BCUT2D eigenvalue weighted by Gasteiger charge is 2.03. The lowest BCUT2D eigenvalue weighted by Crippen LogP contribution is -1.91. The summed E-state index contributed by atoms with van der Waals surface area (Å²) in [6.07, 6.45) is 2.65. The van der Waals surface area contributed by atoms with E-state index in [0.717, 1.165) is 23.1 Å². The average molecular weight is 188 g/mol. The Balaban J connectivity index is 2.73. The van der Waals surface area contributed by atoms with E-state index in [9.17, 15) is 0 Å². The zero-order valence-corrected chi connectivity index (χ0v) is 8.32. The van der Waals surface area contributed by atoms with Crippen molar-refractivity contribution in [2.45, 2.75) is 13.3 Å². The molecule has 0 aliphatic heterocycles. The first-order valence-corrected chi connectivity index (χ1v) is 4.63. The van der Waals surface area contributed by atoms with Crippen LogP contribution in [0.2, 0.25) is 0 Å². The van der Waals surface area contributed by atoms with Crippen molar-refractivity contribution in [2.75, 3.05) is 7.11 Å². The van der Waals surface area contributed by atoms with E-state index in [1.807, 2.05) is 18.2 Å². The van der Waals surface area contributed by atoms with Crippen molar-refractivity contribution in [1.29, 1.82) is 0 Å². The summed E-state index contributed by atoms with van der Waals surface area (Å²) >= 11 is 0. The van der Waals surface area contributed by atoms with Gasteiger partial charge in [-0.15, -0.1) is 0 Å². The van der Waals surface area contributed by atoms with Gasteiger partial charge in [-0.05, 0) is 30.2 Å². The first kappa shape index (κ1) is 8.94. The van der Waals surface area contributed by atoms with Crippen molar-refractivity contribution in [2.24, 2.45) is 0 Å². The molecule has 0 saturated carbocycles. The van der Waals surface area contributed by atoms with Crippen LogP contribution >= 0.6 is 0 Å². The minimum absolute atomic E-state index is 0.870. The van der Waals surface area contributed by atoms with Crippen LogP contribution in [0.15, 0.2) is 24.4 Å².